The third-order valence-corrected chi connectivity index (χ3v) is 5.27. The van der Waals surface area contributed by atoms with Crippen molar-refractivity contribution in [1.82, 2.24) is 14.3 Å². The normalized spacial score (nSPS) is 23.3. The summed E-state index contributed by atoms with van der Waals surface area (Å²) in [5.74, 6) is 0.713. The average Bonchev–Trinajstić information content (AvgIpc) is 3.10. The van der Waals surface area contributed by atoms with E-state index in [2.05, 4.69) is 9.88 Å². The molecular weight excluding hydrogens is 290 g/mol. The highest BCUT2D eigenvalue weighted by Crippen LogP contribution is 2.31. The summed E-state index contributed by atoms with van der Waals surface area (Å²) in [6.45, 7) is 2.53. The van der Waals surface area contributed by atoms with Crippen molar-refractivity contribution in [3.05, 3.63) is 36.3 Å². The molecule has 2 saturated heterocycles. The van der Waals surface area contributed by atoms with Gasteiger partial charge in [-0.25, -0.2) is 4.98 Å². The Balaban J connectivity index is 1.63. The lowest BCUT2D eigenvalue weighted by Gasteiger charge is -2.41. The highest BCUT2D eigenvalue weighted by Gasteiger charge is 2.34. The Kier molecular flexibility index (Phi) is 4.04. The molecule has 0 saturated carbocycles. The maximum absolute atomic E-state index is 13.2. The first-order valence-electron chi connectivity index (χ1n) is 8.65. The number of ether oxygens (including phenoxy) is 1. The second-order valence-corrected chi connectivity index (χ2v) is 6.59. The van der Waals surface area contributed by atoms with Crippen LogP contribution in [0.15, 0.2) is 30.7 Å². The van der Waals surface area contributed by atoms with Gasteiger partial charge in [0.05, 0.1) is 5.56 Å². The molecule has 2 aliphatic heterocycles. The molecule has 2 aromatic heterocycles. The predicted octanol–water partition coefficient (Wildman–Crippen LogP) is 2.76. The van der Waals surface area contributed by atoms with Crippen LogP contribution in [0.2, 0.25) is 0 Å². The first-order valence-corrected chi connectivity index (χ1v) is 8.65. The number of rotatable bonds is 2. The first kappa shape index (κ1) is 14.7. The summed E-state index contributed by atoms with van der Waals surface area (Å²) in [7, 11) is 0. The Morgan fingerprint density at radius 2 is 2.04 bits per heavy atom. The van der Waals surface area contributed by atoms with Crippen LogP contribution in [0.5, 0.6) is 0 Å². The molecule has 0 N–H and O–H groups in total. The lowest BCUT2D eigenvalue weighted by atomic mass is 9.85. The number of pyridine rings is 1. The second-order valence-electron chi connectivity index (χ2n) is 6.59. The second kappa shape index (κ2) is 6.32. The SMILES string of the molecule is O=C(c1cccn2ccnc12)N1CCCCC1C1CCOCC1. The molecule has 1 atom stereocenters. The average molecular weight is 313 g/mol. The topological polar surface area (TPSA) is 46.8 Å². The fourth-order valence-electron chi connectivity index (χ4n) is 4.07. The molecule has 5 heteroatoms. The van der Waals surface area contributed by atoms with E-state index in [1.54, 1.807) is 6.20 Å². The van der Waals surface area contributed by atoms with Crippen molar-refractivity contribution in [2.24, 2.45) is 5.92 Å². The third kappa shape index (κ3) is 2.74. The standard InChI is InChI=1S/C18H23N3O2/c22-18(15-4-3-9-20-11-8-19-17(15)20)21-10-2-1-5-16(21)14-6-12-23-13-7-14/h3-4,8-9,11,14,16H,1-2,5-7,10,12-13H2. The van der Waals surface area contributed by atoms with Crippen LogP contribution in [0.25, 0.3) is 5.65 Å². The van der Waals surface area contributed by atoms with Crippen LogP contribution in [0.1, 0.15) is 42.5 Å². The van der Waals surface area contributed by atoms with E-state index < -0.39 is 0 Å². The number of imidazole rings is 1. The van der Waals surface area contributed by atoms with Gasteiger partial charge in [0.2, 0.25) is 0 Å². The molecule has 2 aromatic rings. The predicted molar refractivity (Wildman–Crippen MR) is 87.4 cm³/mol. The van der Waals surface area contributed by atoms with Crippen LogP contribution >= 0.6 is 0 Å². The van der Waals surface area contributed by atoms with Crippen molar-refractivity contribution < 1.29 is 9.53 Å². The molecule has 122 valence electrons. The minimum absolute atomic E-state index is 0.137. The fraction of sp³-hybridized carbons (Fsp3) is 0.556. The molecule has 0 radical (unpaired) electrons. The van der Waals surface area contributed by atoms with Crippen LogP contribution in [-0.2, 0) is 4.74 Å². The summed E-state index contributed by atoms with van der Waals surface area (Å²) < 4.78 is 7.42. The molecule has 0 aliphatic carbocycles. The van der Waals surface area contributed by atoms with Crippen molar-refractivity contribution in [3.63, 3.8) is 0 Å². The minimum Gasteiger partial charge on any atom is -0.381 e. The fourth-order valence-corrected chi connectivity index (χ4v) is 4.07. The molecule has 1 amide bonds. The van der Waals surface area contributed by atoms with Crippen molar-refractivity contribution >= 4 is 11.6 Å². The summed E-state index contributed by atoms with van der Waals surface area (Å²) in [5, 5.41) is 0. The number of carbonyl (C=O) groups excluding carboxylic acids is 1. The number of fused-ring (bicyclic) bond motifs is 1. The van der Waals surface area contributed by atoms with E-state index in [-0.39, 0.29) is 5.91 Å². The van der Waals surface area contributed by atoms with Gasteiger partial charge in [-0.3, -0.25) is 4.79 Å². The lowest BCUT2D eigenvalue weighted by molar-refractivity contribution is 0.0131. The van der Waals surface area contributed by atoms with Gasteiger partial charge in [0.25, 0.3) is 5.91 Å². The van der Waals surface area contributed by atoms with Crippen LogP contribution in [0.3, 0.4) is 0 Å². The Bertz CT molecular complexity index is 690. The Labute approximate surface area is 136 Å². The van der Waals surface area contributed by atoms with Gasteiger partial charge in [-0.05, 0) is 50.2 Å². The Morgan fingerprint density at radius 1 is 1.17 bits per heavy atom. The van der Waals surface area contributed by atoms with Crippen molar-refractivity contribution in [2.45, 2.75) is 38.1 Å². The highest BCUT2D eigenvalue weighted by atomic mass is 16.5. The molecule has 2 aliphatic rings. The molecule has 4 heterocycles. The largest absolute Gasteiger partial charge is 0.381 e. The molecule has 2 fully saturated rings. The molecule has 23 heavy (non-hydrogen) atoms. The van der Waals surface area contributed by atoms with E-state index in [0.29, 0.717) is 12.0 Å². The molecule has 4 rings (SSSR count). The Morgan fingerprint density at radius 3 is 2.91 bits per heavy atom. The zero-order chi connectivity index (χ0) is 15.6. The summed E-state index contributed by atoms with van der Waals surface area (Å²) in [6.07, 6.45) is 11.2. The number of piperidine rings is 1. The number of aromatic nitrogens is 2. The molecular formula is C18H23N3O2. The maximum Gasteiger partial charge on any atom is 0.257 e. The highest BCUT2D eigenvalue weighted by molar-refractivity contribution is 6.00. The number of likely N-dealkylation sites (tertiary alicyclic amines) is 1. The van der Waals surface area contributed by atoms with E-state index in [1.165, 1.54) is 6.42 Å². The number of hydrogen-bond acceptors (Lipinski definition) is 3. The van der Waals surface area contributed by atoms with Gasteiger partial charge < -0.3 is 14.0 Å². The summed E-state index contributed by atoms with van der Waals surface area (Å²) in [6, 6.07) is 4.19. The Hall–Kier alpha value is -1.88. The van der Waals surface area contributed by atoms with Gasteiger partial charge in [-0.1, -0.05) is 0 Å². The summed E-state index contributed by atoms with van der Waals surface area (Å²) in [5.41, 5.74) is 1.48. The zero-order valence-electron chi connectivity index (χ0n) is 13.4. The van der Waals surface area contributed by atoms with Gasteiger partial charge in [0, 0.05) is 44.4 Å². The van der Waals surface area contributed by atoms with E-state index in [0.717, 1.165) is 56.7 Å². The molecule has 0 spiro atoms. The number of hydrogen-bond donors (Lipinski definition) is 0. The zero-order valence-corrected chi connectivity index (χ0v) is 13.4. The third-order valence-electron chi connectivity index (χ3n) is 5.27. The summed E-state index contributed by atoms with van der Waals surface area (Å²) >= 11 is 0. The van der Waals surface area contributed by atoms with Crippen LogP contribution in [0, 0.1) is 5.92 Å². The van der Waals surface area contributed by atoms with Gasteiger partial charge in [0.1, 0.15) is 5.65 Å². The van der Waals surface area contributed by atoms with Crippen molar-refractivity contribution in [3.8, 4) is 0 Å². The molecule has 5 nitrogen and oxygen atoms in total. The maximum atomic E-state index is 13.2. The van der Waals surface area contributed by atoms with E-state index in [9.17, 15) is 4.79 Å². The van der Waals surface area contributed by atoms with E-state index in [4.69, 9.17) is 4.74 Å². The van der Waals surface area contributed by atoms with Gasteiger partial charge >= 0.3 is 0 Å². The smallest absolute Gasteiger partial charge is 0.257 e. The van der Waals surface area contributed by atoms with E-state index in [1.807, 2.05) is 28.9 Å². The summed E-state index contributed by atoms with van der Waals surface area (Å²) in [4.78, 5) is 19.7. The van der Waals surface area contributed by atoms with E-state index >= 15 is 0 Å². The minimum atomic E-state index is 0.137. The lowest BCUT2D eigenvalue weighted by Crippen LogP contribution is -2.48. The van der Waals surface area contributed by atoms with Crippen molar-refractivity contribution in [1.29, 1.82) is 0 Å². The number of carbonyl (C=O) groups is 1. The molecule has 0 bridgehead atoms. The van der Waals surface area contributed by atoms with Gasteiger partial charge in [-0.2, -0.15) is 0 Å². The first-order chi connectivity index (χ1) is 11.3. The molecule has 0 aromatic carbocycles. The number of nitrogens with zero attached hydrogens (tertiary/aromatic N) is 3. The van der Waals surface area contributed by atoms with Crippen LogP contribution in [-0.4, -0.2) is 46.0 Å². The van der Waals surface area contributed by atoms with Crippen molar-refractivity contribution in [2.75, 3.05) is 19.8 Å². The monoisotopic (exact) mass is 313 g/mol. The van der Waals surface area contributed by atoms with Gasteiger partial charge in [-0.15, -0.1) is 0 Å². The van der Waals surface area contributed by atoms with Crippen LogP contribution in [0.4, 0.5) is 0 Å². The van der Waals surface area contributed by atoms with Gasteiger partial charge in [0.15, 0.2) is 0 Å². The quantitative estimate of drug-likeness (QED) is 0.856. The van der Waals surface area contributed by atoms with Crippen LogP contribution < -0.4 is 0 Å². The molecule has 1 unspecified atom stereocenters. The number of amides is 1.